The van der Waals surface area contributed by atoms with E-state index in [0.29, 0.717) is 24.2 Å². The lowest BCUT2D eigenvalue weighted by Crippen LogP contribution is -2.43. The molecule has 0 spiro atoms. The van der Waals surface area contributed by atoms with E-state index in [2.05, 4.69) is 15.9 Å². The molecular formula is C20H19BrN2O5S. The van der Waals surface area contributed by atoms with Crippen molar-refractivity contribution in [2.24, 2.45) is 0 Å². The van der Waals surface area contributed by atoms with E-state index in [1.54, 1.807) is 36.4 Å². The second kappa shape index (κ2) is 8.84. The molecule has 152 valence electrons. The lowest BCUT2D eigenvalue weighted by molar-refractivity contribution is 0.141. The Balaban J connectivity index is 1.66. The summed E-state index contributed by atoms with van der Waals surface area (Å²) in [7, 11) is -2.02. The van der Waals surface area contributed by atoms with Gasteiger partial charge in [-0.2, -0.15) is 5.26 Å². The Morgan fingerprint density at radius 1 is 1.14 bits per heavy atom. The van der Waals surface area contributed by atoms with Crippen molar-refractivity contribution >= 4 is 31.9 Å². The third-order valence-electron chi connectivity index (χ3n) is 4.77. The summed E-state index contributed by atoms with van der Waals surface area (Å²) in [5.41, 5.74) is 0.341. The van der Waals surface area contributed by atoms with Crippen molar-refractivity contribution in [2.75, 3.05) is 20.2 Å². The Hall–Kier alpha value is -2.57. The molecule has 3 rings (SSSR count). The maximum absolute atomic E-state index is 12.8. The summed E-state index contributed by atoms with van der Waals surface area (Å²) >= 11 is 3.30. The van der Waals surface area contributed by atoms with Gasteiger partial charge in [-0.25, -0.2) is 13.2 Å². The van der Waals surface area contributed by atoms with Gasteiger partial charge in [0, 0.05) is 23.6 Å². The van der Waals surface area contributed by atoms with Crippen LogP contribution < -0.4 is 9.47 Å². The van der Waals surface area contributed by atoms with Gasteiger partial charge in [0.15, 0.2) is 21.3 Å². The van der Waals surface area contributed by atoms with E-state index in [4.69, 9.17) is 14.7 Å². The van der Waals surface area contributed by atoms with Gasteiger partial charge in [-0.15, -0.1) is 0 Å². The smallest absolute Gasteiger partial charge is 0.415 e. The number of sulfone groups is 1. The van der Waals surface area contributed by atoms with Crippen LogP contribution in [0.15, 0.2) is 51.8 Å². The summed E-state index contributed by atoms with van der Waals surface area (Å²) in [6, 6.07) is 13.1. The zero-order valence-electron chi connectivity index (χ0n) is 15.7. The molecule has 1 saturated heterocycles. The van der Waals surface area contributed by atoms with E-state index in [-0.39, 0.29) is 23.7 Å². The van der Waals surface area contributed by atoms with E-state index in [1.165, 1.54) is 18.1 Å². The average molecular weight is 479 g/mol. The number of nitriles is 1. The molecule has 1 amide bonds. The van der Waals surface area contributed by atoms with Crippen LogP contribution in [0.25, 0.3) is 0 Å². The number of rotatable bonds is 4. The Morgan fingerprint density at radius 3 is 2.38 bits per heavy atom. The van der Waals surface area contributed by atoms with Gasteiger partial charge in [0.2, 0.25) is 0 Å². The molecule has 0 aromatic heterocycles. The molecule has 1 aliphatic heterocycles. The predicted octanol–water partition coefficient (Wildman–Crippen LogP) is 3.77. The largest absolute Gasteiger partial charge is 0.493 e. The molecule has 0 radical (unpaired) electrons. The number of methoxy groups -OCH3 is 1. The van der Waals surface area contributed by atoms with Gasteiger partial charge in [-0.05, 0) is 49.2 Å². The lowest BCUT2D eigenvalue weighted by atomic mass is 10.1. The van der Waals surface area contributed by atoms with Crippen molar-refractivity contribution in [3.8, 4) is 17.6 Å². The summed E-state index contributed by atoms with van der Waals surface area (Å²) in [6.45, 7) is 0.527. The molecule has 0 saturated carbocycles. The maximum atomic E-state index is 12.8. The normalized spacial score (nSPS) is 14.9. The number of carbonyl (C=O) groups is 1. The van der Waals surface area contributed by atoms with Crippen LogP contribution in [0, 0.1) is 11.3 Å². The highest BCUT2D eigenvalue weighted by molar-refractivity contribution is 9.10. The van der Waals surface area contributed by atoms with Gasteiger partial charge < -0.3 is 14.4 Å². The fourth-order valence-electron chi connectivity index (χ4n) is 3.15. The molecule has 0 aliphatic carbocycles. The van der Waals surface area contributed by atoms with Gasteiger partial charge >= 0.3 is 6.09 Å². The lowest BCUT2D eigenvalue weighted by Gasteiger charge is -2.31. The predicted molar refractivity (Wildman–Crippen MR) is 110 cm³/mol. The minimum atomic E-state index is -3.46. The molecule has 0 unspecified atom stereocenters. The Morgan fingerprint density at radius 2 is 1.79 bits per heavy atom. The van der Waals surface area contributed by atoms with E-state index in [1.807, 2.05) is 6.07 Å². The SMILES string of the molecule is COc1ccc(C#N)cc1OC(=O)N1CCC(S(=O)(=O)c2ccc(Br)cc2)CC1. The van der Waals surface area contributed by atoms with Crippen LogP contribution in [-0.4, -0.2) is 44.9 Å². The summed E-state index contributed by atoms with van der Waals surface area (Å²) in [6.07, 6.45) is 0.0454. The number of halogens is 1. The highest BCUT2D eigenvalue weighted by Gasteiger charge is 2.33. The first-order valence-corrected chi connectivity index (χ1v) is 11.2. The molecule has 1 aliphatic rings. The Labute approximate surface area is 177 Å². The molecule has 0 N–H and O–H groups in total. The van der Waals surface area contributed by atoms with Crippen molar-refractivity contribution in [2.45, 2.75) is 23.0 Å². The minimum Gasteiger partial charge on any atom is -0.493 e. The zero-order chi connectivity index (χ0) is 21.0. The van der Waals surface area contributed by atoms with Crippen molar-refractivity contribution in [1.29, 1.82) is 5.26 Å². The minimum absolute atomic E-state index is 0.154. The standard InChI is InChI=1S/C20H19BrN2O5S/c1-27-18-7-2-14(13-22)12-19(18)28-20(24)23-10-8-17(9-11-23)29(25,26)16-5-3-15(21)4-6-16/h2-7,12,17H,8-11H2,1H3. The van der Waals surface area contributed by atoms with Crippen LogP contribution in [-0.2, 0) is 9.84 Å². The quantitative estimate of drug-likeness (QED) is 0.663. The molecule has 1 fully saturated rings. The molecule has 29 heavy (non-hydrogen) atoms. The molecule has 7 nitrogen and oxygen atoms in total. The first kappa shape index (κ1) is 21.1. The molecule has 1 heterocycles. The number of ether oxygens (including phenoxy) is 2. The zero-order valence-corrected chi connectivity index (χ0v) is 18.1. The average Bonchev–Trinajstić information content (AvgIpc) is 2.74. The van der Waals surface area contributed by atoms with E-state index in [9.17, 15) is 13.2 Å². The summed E-state index contributed by atoms with van der Waals surface area (Å²) in [5.74, 6) is 0.492. The van der Waals surface area contributed by atoms with Gasteiger partial charge in [-0.3, -0.25) is 0 Å². The summed E-state index contributed by atoms with van der Waals surface area (Å²) < 4.78 is 37.0. The highest BCUT2D eigenvalue weighted by Crippen LogP contribution is 2.30. The van der Waals surface area contributed by atoms with Crippen molar-refractivity contribution < 1.29 is 22.7 Å². The van der Waals surface area contributed by atoms with Crippen LogP contribution in [0.3, 0.4) is 0 Å². The Kier molecular flexibility index (Phi) is 6.45. The third-order valence-corrected chi connectivity index (χ3v) is 7.58. The monoisotopic (exact) mass is 478 g/mol. The van der Waals surface area contributed by atoms with Crippen molar-refractivity contribution in [3.05, 3.63) is 52.5 Å². The summed E-state index contributed by atoms with van der Waals surface area (Å²) in [4.78, 5) is 14.3. The Bertz CT molecular complexity index is 1040. The molecule has 0 atom stereocenters. The number of amides is 1. The first-order valence-electron chi connectivity index (χ1n) is 8.89. The number of carbonyl (C=O) groups excluding carboxylic acids is 1. The first-order chi connectivity index (χ1) is 13.8. The molecule has 0 bridgehead atoms. The topological polar surface area (TPSA) is 96.7 Å². The van der Waals surface area contributed by atoms with Crippen LogP contribution in [0.1, 0.15) is 18.4 Å². The number of hydrogen-bond acceptors (Lipinski definition) is 6. The molecule has 9 heteroatoms. The van der Waals surface area contributed by atoms with Crippen molar-refractivity contribution in [3.63, 3.8) is 0 Å². The fraction of sp³-hybridized carbons (Fsp3) is 0.300. The van der Waals surface area contributed by atoms with Crippen LogP contribution in [0.2, 0.25) is 0 Å². The molecular weight excluding hydrogens is 460 g/mol. The van der Waals surface area contributed by atoms with E-state index in [0.717, 1.165) is 4.47 Å². The second-order valence-electron chi connectivity index (χ2n) is 6.53. The highest BCUT2D eigenvalue weighted by atomic mass is 79.9. The molecule has 2 aromatic carbocycles. The van der Waals surface area contributed by atoms with E-state index >= 15 is 0 Å². The third kappa shape index (κ3) is 4.71. The van der Waals surface area contributed by atoms with Crippen LogP contribution in [0.5, 0.6) is 11.5 Å². The number of hydrogen-bond donors (Lipinski definition) is 0. The van der Waals surface area contributed by atoms with Gasteiger partial charge in [0.25, 0.3) is 0 Å². The summed E-state index contributed by atoms with van der Waals surface area (Å²) in [5, 5.41) is 8.47. The van der Waals surface area contributed by atoms with Crippen LogP contribution in [0.4, 0.5) is 4.79 Å². The number of nitrogens with zero attached hydrogens (tertiary/aromatic N) is 2. The maximum Gasteiger partial charge on any atom is 0.415 e. The van der Waals surface area contributed by atoms with Gasteiger partial charge in [-0.1, -0.05) is 15.9 Å². The number of likely N-dealkylation sites (tertiary alicyclic amines) is 1. The molecule has 2 aromatic rings. The number of benzene rings is 2. The second-order valence-corrected chi connectivity index (χ2v) is 9.67. The van der Waals surface area contributed by atoms with Crippen LogP contribution >= 0.6 is 15.9 Å². The van der Waals surface area contributed by atoms with Gasteiger partial charge in [0.1, 0.15) is 0 Å². The number of piperidine rings is 1. The van der Waals surface area contributed by atoms with Gasteiger partial charge in [0.05, 0.1) is 28.9 Å². The van der Waals surface area contributed by atoms with Crippen molar-refractivity contribution in [1.82, 2.24) is 4.90 Å². The fourth-order valence-corrected chi connectivity index (χ4v) is 5.15. The van der Waals surface area contributed by atoms with E-state index < -0.39 is 21.2 Å².